The normalized spacial score (nSPS) is 20.2. The van der Waals surface area contributed by atoms with Gasteiger partial charge in [0.25, 0.3) is 0 Å². The fourth-order valence-electron chi connectivity index (χ4n) is 2.11. The van der Waals surface area contributed by atoms with Crippen LogP contribution in [0.5, 0.6) is 5.88 Å². The molecular weight excluding hydrogens is 252 g/mol. The second-order valence-electron chi connectivity index (χ2n) is 3.99. The molecule has 0 amide bonds. The summed E-state index contributed by atoms with van der Waals surface area (Å²) in [5.74, 6) is 0.502. The third-order valence-corrected chi connectivity index (χ3v) is 4.10. The fourth-order valence-corrected chi connectivity index (χ4v) is 3.20. The first-order valence-corrected chi connectivity index (χ1v) is 6.43. The summed E-state index contributed by atoms with van der Waals surface area (Å²) in [5, 5.41) is 16.5. The van der Waals surface area contributed by atoms with Gasteiger partial charge in [-0.2, -0.15) is 4.98 Å². The lowest BCUT2D eigenvalue weighted by Crippen LogP contribution is -2.21. The van der Waals surface area contributed by atoms with E-state index in [0.717, 1.165) is 40.6 Å². The maximum absolute atomic E-state index is 9.05. The molecule has 0 aromatic carbocycles. The molecule has 0 unspecified atom stereocenters. The molecule has 6 nitrogen and oxygen atoms in total. The van der Waals surface area contributed by atoms with Gasteiger partial charge in [0.2, 0.25) is 5.88 Å². The van der Waals surface area contributed by atoms with E-state index in [2.05, 4.69) is 20.4 Å². The number of fused-ring (bicyclic) bond motifs is 1. The molecule has 0 fully saturated rings. The number of hydrogen-bond donors (Lipinski definition) is 2. The number of ether oxygens (including phenoxy) is 1. The van der Waals surface area contributed by atoms with Gasteiger partial charge in [-0.15, -0.1) is 0 Å². The summed E-state index contributed by atoms with van der Waals surface area (Å²) in [7, 11) is 1.57. The zero-order chi connectivity index (χ0) is 12.5. The SMILES string of the molecule is COc1ncnc2c1NC1=C(CCC/C1=N/O)S2. The predicted molar refractivity (Wildman–Crippen MR) is 68.2 cm³/mol. The molecule has 1 aromatic rings. The van der Waals surface area contributed by atoms with Crippen molar-refractivity contribution in [2.75, 3.05) is 12.4 Å². The molecule has 18 heavy (non-hydrogen) atoms. The van der Waals surface area contributed by atoms with Gasteiger partial charge >= 0.3 is 0 Å². The Morgan fingerprint density at radius 3 is 3.11 bits per heavy atom. The Balaban J connectivity index is 2.06. The van der Waals surface area contributed by atoms with Crippen LogP contribution in [0.3, 0.4) is 0 Å². The Kier molecular flexibility index (Phi) is 2.83. The monoisotopic (exact) mass is 264 g/mol. The fraction of sp³-hybridized carbons (Fsp3) is 0.364. The van der Waals surface area contributed by atoms with Crippen LogP contribution in [-0.2, 0) is 0 Å². The minimum atomic E-state index is 0.502. The number of oxime groups is 1. The van der Waals surface area contributed by atoms with Crippen molar-refractivity contribution in [2.24, 2.45) is 5.16 Å². The molecule has 1 aliphatic carbocycles. The molecule has 2 heterocycles. The first kappa shape index (κ1) is 11.3. The second-order valence-corrected chi connectivity index (χ2v) is 5.07. The van der Waals surface area contributed by atoms with Crippen molar-refractivity contribution in [1.29, 1.82) is 0 Å². The number of nitrogens with one attached hydrogen (secondary N) is 1. The van der Waals surface area contributed by atoms with E-state index in [-0.39, 0.29) is 0 Å². The van der Waals surface area contributed by atoms with Gasteiger partial charge in [0.1, 0.15) is 22.8 Å². The molecule has 0 spiro atoms. The van der Waals surface area contributed by atoms with Crippen molar-refractivity contribution >= 4 is 23.2 Å². The molecule has 2 N–H and O–H groups in total. The lowest BCUT2D eigenvalue weighted by atomic mass is 10.0. The zero-order valence-corrected chi connectivity index (χ0v) is 10.6. The predicted octanol–water partition coefficient (Wildman–Crippen LogP) is 2.23. The van der Waals surface area contributed by atoms with Gasteiger partial charge < -0.3 is 15.3 Å². The van der Waals surface area contributed by atoms with Gasteiger partial charge in [0, 0.05) is 4.91 Å². The van der Waals surface area contributed by atoms with Crippen LogP contribution in [0.4, 0.5) is 5.69 Å². The number of hydrogen-bond acceptors (Lipinski definition) is 7. The van der Waals surface area contributed by atoms with E-state index in [1.165, 1.54) is 6.33 Å². The number of aromatic nitrogens is 2. The first-order chi connectivity index (χ1) is 8.83. The van der Waals surface area contributed by atoms with Crippen molar-refractivity contribution in [1.82, 2.24) is 9.97 Å². The molecule has 94 valence electrons. The zero-order valence-electron chi connectivity index (χ0n) is 9.80. The van der Waals surface area contributed by atoms with Gasteiger partial charge in [-0.1, -0.05) is 16.9 Å². The molecule has 0 saturated heterocycles. The van der Waals surface area contributed by atoms with Crippen molar-refractivity contribution < 1.29 is 9.94 Å². The van der Waals surface area contributed by atoms with Crippen LogP contribution in [0, 0.1) is 0 Å². The number of allylic oxidation sites excluding steroid dienone is 2. The van der Waals surface area contributed by atoms with E-state index in [9.17, 15) is 0 Å². The van der Waals surface area contributed by atoms with E-state index in [0.29, 0.717) is 11.6 Å². The third kappa shape index (κ3) is 1.71. The molecule has 0 bridgehead atoms. The van der Waals surface area contributed by atoms with Gasteiger partial charge in [0.05, 0.1) is 12.8 Å². The Morgan fingerprint density at radius 2 is 2.33 bits per heavy atom. The minimum absolute atomic E-state index is 0.502. The summed E-state index contributed by atoms with van der Waals surface area (Å²) >= 11 is 1.58. The van der Waals surface area contributed by atoms with Crippen LogP contribution in [-0.4, -0.2) is 28.0 Å². The van der Waals surface area contributed by atoms with Crippen LogP contribution in [0.2, 0.25) is 0 Å². The maximum Gasteiger partial charge on any atom is 0.241 e. The Bertz CT molecular complexity index is 556. The lowest BCUT2D eigenvalue weighted by molar-refractivity contribution is 0.317. The molecule has 0 saturated carbocycles. The maximum atomic E-state index is 9.05. The van der Waals surface area contributed by atoms with Crippen LogP contribution in [0.15, 0.2) is 27.1 Å². The number of anilines is 1. The summed E-state index contributed by atoms with van der Waals surface area (Å²) in [4.78, 5) is 9.46. The van der Waals surface area contributed by atoms with E-state index in [1.807, 2.05) is 0 Å². The van der Waals surface area contributed by atoms with E-state index in [1.54, 1.807) is 18.9 Å². The van der Waals surface area contributed by atoms with Crippen LogP contribution in [0.25, 0.3) is 0 Å². The first-order valence-electron chi connectivity index (χ1n) is 5.61. The van der Waals surface area contributed by atoms with Crippen molar-refractivity contribution in [3.05, 3.63) is 16.9 Å². The molecule has 2 aliphatic rings. The van der Waals surface area contributed by atoms with Crippen molar-refractivity contribution in [2.45, 2.75) is 24.3 Å². The van der Waals surface area contributed by atoms with Gasteiger partial charge in [0.15, 0.2) is 0 Å². The molecule has 0 radical (unpaired) electrons. The molecule has 3 rings (SSSR count). The molecule has 7 heteroatoms. The van der Waals surface area contributed by atoms with E-state index >= 15 is 0 Å². The van der Waals surface area contributed by atoms with Crippen molar-refractivity contribution in [3.8, 4) is 5.88 Å². The van der Waals surface area contributed by atoms with Crippen LogP contribution >= 0.6 is 11.8 Å². The summed E-state index contributed by atoms with van der Waals surface area (Å²) in [6, 6.07) is 0. The topological polar surface area (TPSA) is 79.6 Å². The summed E-state index contributed by atoms with van der Waals surface area (Å²) in [5.41, 5.74) is 2.29. The highest BCUT2D eigenvalue weighted by atomic mass is 32.2. The number of thioether (sulfide) groups is 1. The highest BCUT2D eigenvalue weighted by Gasteiger charge is 2.28. The molecular formula is C11H12N4O2S. The molecule has 1 aromatic heterocycles. The number of methoxy groups -OCH3 is 1. The largest absolute Gasteiger partial charge is 0.479 e. The number of rotatable bonds is 1. The minimum Gasteiger partial charge on any atom is -0.479 e. The lowest BCUT2D eigenvalue weighted by Gasteiger charge is -2.27. The number of nitrogens with zero attached hydrogens (tertiary/aromatic N) is 3. The Labute approximate surface area is 108 Å². The molecule has 0 atom stereocenters. The highest BCUT2D eigenvalue weighted by molar-refractivity contribution is 8.03. The van der Waals surface area contributed by atoms with Gasteiger partial charge in [-0.25, -0.2) is 4.98 Å². The van der Waals surface area contributed by atoms with E-state index in [4.69, 9.17) is 9.94 Å². The summed E-state index contributed by atoms with van der Waals surface area (Å²) in [6.07, 6.45) is 4.22. The quantitative estimate of drug-likeness (QED) is 0.460. The summed E-state index contributed by atoms with van der Waals surface area (Å²) < 4.78 is 5.21. The Hall–Kier alpha value is -1.76. The van der Waals surface area contributed by atoms with Crippen LogP contribution < -0.4 is 10.1 Å². The van der Waals surface area contributed by atoms with Crippen molar-refractivity contribution in [3.63, 3.8) is 0 Å². The highest BCUT2D eigenvalue weighted by Crippen LogP contribution is 2.45. The van der Waals surface area contributed by atoms with Crippen LogP contribution in [0.1, 0.15) is 19.3 Å². The smallest absolute Gasteiger partial charge is 0.241 e. The Morgan fingerprint density at radius 1 is 1.44 bits per heavy atom. The summed E-state index contributed by atoms with van der Waals surface area (Å²) in [6.45, 7) is 0. The van der Waals surface area contributed by atoms with E-state index < -0.39 is 0 Å². The van der Waals surface area contributed by atoms with Gasteiger partial charge in [-0.05, 0) is 19.3 Å². The second kappa shape index (κ2) is 4.49. The molecule has 1 aliphatic heterocycles. The third-order valence-electron chi connectivity index (χ3n) is 2.95. The average molecular weight is 264 g/mol. The van der Waals surface area contributed by atoms with Gasteiger partial charge in [-0.3, -0.25) is 0 Å². The standard InChI is InChI=1S/C11H12N4O2S/c1-17-10-9-11(13-5-12-10)18-7-4-2-3-6(15-16)8(7)14-9/h5,14,16H,2-4H2,1H3/b15-6-. The average Bonchev–Trinajstić information content (AvgIpc) is 2.43.